The second-order valence-electron chi connectivity index (χ2n) is 7.99. The Morgan fingerprint density at radius 2 is 1.86 bits per heavy atom. The summed E-state index contributed by atoms with van der Waals surface area (Å²) >= 11 is 0. The molecule has 3 aromatic rings. The molecule has 0 bridgehead atoms. The molecule has 148 valence electrons. The SMILES string of the molecule is O=C(NC1CC1)N1CCC[C@@H](c2ncc(-c3ccc(-c4ccccc4)nc3)[nH]2)C1. The zero-order valence-corrected chi connectivity index (χ0v) is 16.3. The van der Waals surface area contributed by atoms with Gasteiger partial charge < -0.3 is 15.2 Å². The Labute approximate surface area is 170 Å². The highest BCUT2D eigenvalue weighted by molar-refractivity contribution is 5.75. The highest BCUT2D eigenvalue weighted by atomic mass is 16.2. The minimum Gasteiger partial charge on any atom is -0.342 e. The summed E-state index contributed by atoms with van der Waals surface area (Å²) in [4.78, 5) is 27.0. The van der Waals surface area contributed by atoms with Crippen LogP contribution in [-0.4, -0.2) is 45.0 Å². The van der Waals surface area contributed by atoms with Crippen molar-refractivity contribution >= 4 is 6.03 Å². The molecule has 6 nitrogen and oxygen atoms in total. The van der Waals surface area contributed by atoms with Crippen LogP contribution in [-0.2, 0) is 0 Å². The molecule has 1 aliphatic carbocycles. The number of piperidine rings is 1. The number of hydrogen-bond donors (Lipinski definition) is 2. The maximum absolute atomic E-state index is 12.4. The minimum atomic E-state index is 0.0738. The first-order valence-corrected chi connectivity index (χ1v) is 10.4. The van der Waals surface area contributed by atoms with Gasteiger partial charge in [0.25, 0.3) is 0 Å². The van der Waals surface area contributed by atoms with Gasteiger partial charge in [-0.3, -0.25) is 4.98 Å². The van der Waals surface area contributed by atoms with Gasteiger partial charge in [-0.25, -0.2) is 9.78 Å². The Kier molecular flexibility index (Phi) is 4.76. The van der Waals surface area contributed by atoms with E-state index in [1.165, 1.54) is 0 Å². The predicted molar refractivity (Wildman–Crippen MR) is 112 cm³/mol. The molecule has 1 aliphatic heterocycles. The van der Waals surface area contributed by atoms with Gasteiger partial charge in [0.2, 0.25) is 0 Å². The number of amides is 2. The molecule has 0 unspecified atom stereocenters. The molecule has 2 aliphatic rings. The molecule has 1 saturated heterocycles. The second kappa shape index (κ2) is 7.70. The number of aromatic amines is 1. The van der Waals surface area contributed by atoms with Gasteiger partial charge in [-0.05, 0) is 37.8 Å². The smallest absolute Gasteiger partial charge is 0.317 e. The highest BCUT2D eigenvalue weighted by Crippen LogP contribution is 2.28. The van der Waals surface area contributed by atoms with Gasteiger partial charge in [0.05, 0.1) is 17.6 Å². The van der Waals surface area contributed by atoms with E-state index in [-0.39, 0.29) is 11.9 Å². The number of H-pyrrole nitrogens is 1. The first-order chi connectivity index (χ1) is 14.3. The first-order valence-electron chi connectivity index (χ1n) is 10.4. The van der Waals surface area contributed by atoms with Crippen molar-refractivity contribution in [1.82, 2.24) is 25.2 Å². The Balaban J connectivity index is 1.28. The van der Waals surface area contributed by atoms with E-state index in [4.69, 9.17) is 0 Å². The summed E-state index contributed by atoms with van der Waals surface area (Å²) in [6.07, 6.45) is 8.04. The molecule has 29 heavy (non-hydrogen) atoms. The van der Waals surface area contributed by atoms with Crippen molar-refractivity contribution in [2.75, 3.05) is 13.1 Å². The molecule has 0 radical (unpaired) electrons. The molecule has 1 aromatic carbocycles. The predicted octanol–water partition coefficient (Wildman–Crippen LogP) is 4.19. The number of nitrogens with one attached hydrogen (secondary N) is 2. The first kappa shape index (κ1) is 17.9. The number of urea groups is 1. The van der Waals surface area contributed by atoms with E-state index < -0.39 is 0 Å². The fourth-order valence-corrected chi connectivity index (χ4v) is 3.90. The van der Waals surface area contributed by atoms with E-state index in [2.05, 4.69) is 38.5 Å². The van der Waals surface area contributed by atoms with Crippen molar-refractivity contribution in [2.24, 2.45) is 0 Å². The largest absolute Gasteiger partial charge is 0.342 e. The van der Waals surface area contributed by atoms with Gasteiger partial charge in [-0.1, -0.05) is 30.3 Å². The lowest BCUT2D eigenvalue weighted by molar-refractivity contribution is 0.178. The molecule has 5 rings (SSSR count). The fraction of sp³-hybridized carbons (Fsp3) is 0.348. The van der Waals surface area contributed by atoms with Gasteiger partial charge in [-0.2, -0.15) is 0 Å². The number of carbonyl (C=O) groups is 1. The van der Waals surface area contributed by atoms with Crippen LogP contribution >= 0.6 is 0 Å². The van der Waals surface area contributed by atoms with Crippen molar-refractivity contribution in [3.63, 3.8) is 0 Å². The van der Waals surface area contributed by atoms with E-state index in [9.17, 15) is 4.79 Å². The van der Waals surface area contributed by atoms with Gasteiger partial charge in [0, 0.05) is 42.4 Å². The van der Waals surface area contributed by atoms with Crippen LogP contribution in [0.15, 0.2) is 54.9 Å². The molecule has 2 amide bonds. The number of aromatic nitrogens is 3. The monoisotopic (exact) mass is 387 g/mol. The van der Waals surface area contributed by atoms with Crippen molar-refractivity contribution in [3.05, 3.63) is 60.7 Å². The van der Waals surface area contributed by atoms with E-state index in [1.807, 2.05) is 41.6 Å². The summed E-state index contributed by atoms with van der Waals surface area (Å²) in [5.74, 6) is 1.20. The zero-order chi connectivity index (χ0) is 19.6. The fourth-order valence-electron chi connectivity index (χ4n) is 3.90. The molecule has 2 aromatic heterocycles. The van der Waals surface area contributed by atoms with Gasteiger partial charge in [-0.15, -0.1) is 0 Å². The van der Waals surface area contributed by atoms with Crippen LogP contribution in [0.1, 0.15) is 37.4 Å². The molecule has 2 fully saturated rings. The molecular weight excluding hydrogens is 362 g/mol. The molecular formula is C23H25N5O. The van der Waals surface area contributed by atoms with Crippen LogP contribution in [0, 0.1) is 0 Å². The average molecular weight is 387 g/mol. The average Bonchev–Trinajstić information content (AvgIpc) is 3.46. The van der Waals surface area contributed by atoms with Crippen LogP contribution in [0.2, 0.25) is 0 Å². The maximum Gasteiger partial charge on any atom is 0.317 e. The summed E-state index contributed by atoms with van der Waals surface area (Å²) < 4.78 is 0. The van der Waals surface area contributed by atoms with Crippen molar-refractivity contribution in [2.45, 2.75) is 37.6 Å². The number of benzene rings is 1. The lowest BCUT2D eigenvalue weighted by Gasteiger charge is -2.31. The van der Waals surface area contributed by atoms with Crippen molar-refractivity contribution in [1.29, 1.82) is 0 Å². The summed E-state index contributed by atoms with van der Waals surface area (Å²) in [5.41, 5.74) is 4.05. The number of nitrogens with zero attached hydrogens (tertiary/aromatic N) is 3. The number of carbonyl (C=O) groups excluding carboxylic acids is 1. The minimum absolute atomic E-state index is 0.0738. The van der Waals surface area contributed by atoms with Crippen LogP contribution < -0.4 is 5.32 Å². The molecule has 6 heteroatoms. The third kappa shape index (κ3) is 4.01. The van der Waals surface area contributed by atoms with E-state index >= 15 is 0 Å². The van der Waals surface area contributed by atoms with E-state index in [0.717, 1.165) is 67.1 Å². The summed E-state index contributed by atoms with van der Waals surface area (Å²) in [7, 11) is 0. The van der Waals surface area contributed by atoms with E-state index in [1.54, 1.807) is 0 Å². The Morgan fingerprint density at radius 1 is 1.00 bits per heavy atom. The van der Waals surface area contributed by atoms with Crippen molar-refractivity contribution < 1.29 is 4.79 Å². The topological polar surface area (TPSA) is 73.9 Å². The highest BCUT2D eigenvalue weighted by Gasteiger charge is 2.30. The van der Waals surface area contributed by atoms with Gasteiger partial charge >= 0.3 is 6.03 Å². The molecule has 2 N–H and O–H groups in total. The van der Waals surface area contributed by atoms with Crippen molar-refractivity contribution in [3.8, 4) is 22.5 Å². The van der Waals surface area contributed by atoms with Gasteiger partial charge in [0.15, 0.2) is 0 Å². The second-order valence-corrected chi connectivity index (χ2v) is 7.99. The molecule has 1 atom stereocenters. The normalized spacial score (nSPS) is 19.2. The number of imidazole rings is 1. The summed E-state index contributed by atoms with van der Waals surface area (Å²) in [6, 6.07) is 14.7. The number of hydrogen-bond acceptors (Lipinski definition) is 3. The van der Waals surface area contributed by atoms with Crippen LogP contribution in [0.5, 0.6) is 0 Å². The maximum atomic E-state index is 12.4. The van der Waals surface area contributed by atoms with Crippen LogP contribution in [0.4, 0.5) is 4.79 Å². The zero-order valence-electron chi connectivity index (χ0n) is 16.3. The third-order valence-electron chi connectivity index (χ3n) is 5.74. The van der Waals surface area contributed by atoms with Gasteiger partial charge in [0.1, 0.15) is 5.82 Å². The molecule has 1 saturated carbocycles. The quantitative estimate of drug-likeness (QED) is 0.705. The molecule has 3 heterocycles. The van der Waals surface area contributed by atoms with Crippen LogP contribution in [0.25, 0.3) is 22.5 Å². The Morgan fingerprint density at radius 3 is 2.62 bits per heavy atom. The number of pyridine rings is 1. The molecule has 0 spiro atoms. The number of rotatable bonds is 4. The van der Waals surface area contributed by atoms with E-state index in [0.29, 0.717) is 6.04 Å². The Hall–Kier alpha value is -3.15. The summed E-state index contributed by atoms with van der Waals surface area (Å²) in [6.45, 7) is 1.55. The summed E-state index contributed by atoms with van der Waals surface area (Å²) in [5, 5.41) is 3.09. The third-order valence-corrected chi connectivity index (χ3v) is 5.74. The Bertz CT molecular complexity index is 978. The lowest BCUT2D eigenvalue weighted by Crippen LogP contribution is -2.45. The standard InChI is InChI=1S/C23H25N5O/c29-23(26-19-9-10-19)28-12-4-7-18(15-28)22-25-14-21(27-22)17-8-11-20(24-13-17)16-5-2-1-3-6-16/h1-3,5-6,8,11,13-14,18-19H,4,7,9-10,12,15H2,(H,25,27)(H,26,29)/t18-/m1/s1. The number of likely N-dealkylation sites (tertiary alicyclic amines) is 1. The van der Waals surface area contributed by atoms with Crippen LogP contribution in [0.3, 0.4) is 0 Å². The lowest BCUT2D eigenvalue weighted by atomic mass is 9.97.